The normalized spacial score (nSPS) is 16.9. The lowest BCUT2D eigenvalue weighted by molar-refractivity contribution is 0.0547. The summed E-state index contributed by atoms with van der Waals surface area (Å²) in [7, 11) is 1.99. The molecule has 0 bridgehead atoms. The second kappa shape index (κ2) is 4.94. The highest BCUT2D eigenvalue weighted by Crippen LogP contribution is 2.27. The van der Waals surface area contributed by atoms with Gasteiger partial charge in [-0.05, 0) is 25.8 Å². The van der Waals surface area contributed by atoms with Gasteiger partial charge in [0.25, 0.3) is 5.91 Å². The van der Waals surface area contributed by atoms with Crippen LogP contribution in [0, 0.1) is 6.92 Å². The third-order valence-electron chi connectivity index (χ3n) is 4.37. The summed E-state index contributed by atoms with van der Waals surface area (Å²) in [6.07, 6.45) is 1.10. The van der Waals surface area contributed by atoms with Crippen LogP contribution in [0.1, 0.15) is 28.9 Å². The molecule has 106 valence electrons. The van der Waals surface area contributed by atoms with Crippen molar-refractivity contribution in [3.63, 3.8) is 0 Å². The number of benzene rings is 1. The Balaban J connectivity index is 2.01. The Bertz CT molecular complexity index is 652. The minimum atomic E-state index is -0.257. The lowest BCUT2D eigenvalue weighted by atomic mass is 10.0. The van der Waals surface area contributed by atoms with E-state index in [1.54, 1.807) is 0 Å². The summed E-state index contributed by atoms with van der Waals surface area (Å²) in [5.41, 5.74) is 2.90. The second-order valence-electron chi connectivity index (χ2n) is 5.56. The summed E-state index contributed by atoms with van der Waals surface area (Å²) in [4.78, 5) is 14.6. The van der Waals surface area contributed by atoms with E-state index in [4.69, 9.17) is 0 Å². The Kier molecular flexibility index (Phi) is 3.26. The van der Waals surface area contributed by atoms with E-state index in [0.717, 1.165) is 22.2 Å². The molecule has 1 aliphatic rings. The zero-order valence-electron chi connectivity index (χ0n) is 12.0. The maximum Gasteiger partial charge on any atom is 0.256 e. The predicted octanol–water partition coefficient (Wildman–Crippen LogP) is 2.08. The van der Waals surface area contributed by atoms with E-state index in [0.29, 0.717) is 25.9 Å². The van der Waals surface area contributed by atoms with Gasteiger partial charge < -0.3 is 14.6 Å². The van der Waals surface area contributed by atoms with Crippen LogP contribution < -0.4 is 0 Å². The van der Waals surface area contributed by atoms with Gasteiger partial charge in [-0.3, -0.25) is 4.79 Å². The fourth-order valence-electron chi connectivity index (χ4n) is 3.02. The number of likely N-dealkylation sites (tertiary alicyclic amines) is 1. The van der Waals surface area contributed by atoms with Gasteiger partial charge in [-0.1, -0.05) is 18.2 Å². The van der Waals surface area contributed by atoms with Crippen LogP contribution in [-0.4, -0.2) is 39.7 Å². The Morgan fingerprint density at radius 2 is 1.90 bits per heavy atom. The molecule has 1 amide bonds. The van der Waals surface area contributed by atoms with E-state index in [1.165, 1.54) is 0 Å². The first-order valence-electron chi connectivity index (χ1n) is 7.11. The van der Waals surface area contributed by atoms with Crippen molar-refractivity contribution < 1.29 is 9.90 Å². The van der Waals surface area contributed by atoms with Crippen molar-refractivity contribution in [3.8, 4) is 0 Å². The van der Waals surface area contributed by atoms with Crippen LogP contribution in [0.25, 0.3) is 10.9 Å². The molecule has 1 N–H and O–H groups in total. The van der Waals surface area contributed by atoms with Crippen molar-refractivity contribution in [1.82, 2.24) is 9.47 Å². The van der Waals surface area contributed by atoms with Gasteiger partial charge in [0.15, 0.2) is 0 Å². The zero-order valence-corrected chi connectivity index (χ0v) is 12.0. The molecule has 3 rings (SSSR count). The number of fused-ring (bicyclic) bond motifs is 1. The summed E-state index contributed by atoms with van der Waals surface area (Å²) >= 11 is 0. The van der Waals surface area contributed by atoms with Crippen molar-refractivity contribution in [2.24, 2.45) is 7.05 Å². The number of piperidine rings is 1. The van der Waals surface area contributed by atoms with Crippen LogP contribution in [0.4, 0.5) is 0 Å². The highest BCUT2D eigenvalue weighted by atomic mass is 16.3. The first-order valence-corrected chi connectivity index (χ1v) is 7.11. The van der Waals surface area contributed by atoms with Gasteiger partial charge in [0.2, 0.25) is 0 Å². The van der Waals surface area contributed by atoms with E-state index in [1.807, 2.05) is 43.1 Å². The number of aliphatic hydroxyl groups is 1. The number of nitrogens with zero attached hydrogens (tertiary/aromatic N) is 2. The average Bonchev–Trinajstić information content (AvgIpc) is 2.72. The zero-order chi connectivity index (χ0) is 14.3. The van der Waals surface area contributed by atoms with Gasteiger partial charge in [-0.2, -0.15) is 0 Å². The van der Waals surface area contributed by atoms with Crippen LogP contribution >= 0.6 is 0 Å². The average molecular weight is 272 g/mol. The van der Waals surface area contributed by atoms with Gasteiger partial charge >= 0.3 is 0 Å². The van der Waals surface area contributed by atoms with Gasteiger partial charge in [-0.25, -0.2) is 0 Å². The SMILES string of the molecule is Cc1c(C(=O)N2CCC(O)CC2)c2ccccc2n1C. The molecule has 1 saturated heterocycles. The number of para-hydroxylation sites is 1. The highest BCUT2D eigenvalue weighted by molar-refractivity contribution is 6.08. The van der Waals surface area contributed by atoms with Crippen LogP contribution in [-0.2, 0) is 7.05 Å². The minimum absolute atomic E-state index is 0.0891. The van der Waals surface area contributed by atoms with Crippen LogP contribution in [0.3, 0.4) is 0 Å². The number of aliphatic hydroxyl groups excluding tert-OH is 1. The smallest absolute Gasteiger partial charge is 0.256 e. The summed E-state index contributed by atoms with van der Waals surface area (Å²) in [6.45, 7) is 3.28. The fraction of sp³-hybridized carbons (Fsp3) is 0.438. The molecule has 0 saturated carbocycles. The molecular weight excluding hydrogens is 252 g/mol. The molecule has 1 aliphatic heterocycles. The molecule has 2 heterocycles. The number of hydrogen-bond acceptors (Lipinski definition) is 2. The number of carbonyl (C=O) groups excluding carboxylic acids is 1. The van der Waals surface area contributed by atoms with Crippen molar-refractivity contribution in [1.29, 1.82) is 0 Å². The van der Waals surface area contributed by atoms with Crippen LogP contribution in [0.5, 0.6) is 0 Å². The molecule has 0 unspecified atom stereocenters. The standard InChI is InChI=1S/C16H20N2O2/c1-11-15(13-5-3-4-6-14(13)17(11)2)16(20)18-9-7-12(19)8-10-18/h3-6,12,19H,7-10H2,1-2H3. The molecule has 2 aromatic rings. The first-order chi connectivity index (χ1) is 9.59. The number of rotatable bonds is 1. The maximum atomic E-state index is 12.8. The summed E-state index contributed by atoms with van der Waals surface area (Å²) in [5.74, 6) is 0.0891. The fourth-order valence-corrected chi connectivity index (χ4v) is 3.02. The Morgan fingerprint density at radius 1 is 1.25 bits per heavy atom. The molecule has 1 aromatic heterocycles. The molecule has 1 fully saturated rings. The third kappa shape index (κ3) is 2.00. The van der Waals surface area contributed by atoms with Crippen LogP contribution in [0.2, 0.25) is 0 Å². The van der Waals surface area contributed by atoms with Gasteiger partial charge in [0, 0.05) is 36.7 Å². The monoisotopic (exact) mass is 272 g/mol. The number of carbonyl (C=O) groups is 1. The molecule has 4 nitrogen and oxygen atoms in total. The molecule has 0 aliphatic carbocycles. The molecule has 4 heteroatoms. The van der Waals surface area contributed by atoms with E-state index >= 15 is 0 Å². The quantitative estimate of drug-likeness (QED) is 0.864. The number of amides is 1. The van der Waals surface area contributed by atoms with E-state index in [-0.39, 0.29) is 12.0 Å². The lowest BCUT2D eigenvalue weighted by Gasteiger charge is -2.29. The number of aryl methyl sites for hydroxylation is 1. The summed E-state index contributed by atoms with van der Waals surface area (Å²) < 4.78 is 2.07. The topological polar surface area (TPSA) is 45.5 Å². The molecule has 0 radical (unpaired) electrons. The van der Waals surface area contributed by atoms with Gasteiger partial charge in [-0.15, -0.1) is 0 Å². The third-order valence-corrected chi connectivity index (χ3v) is 4.37. The highest BCUT2D eigenvalue weighted by Gasteiger charge is 2.26. The van der Waals surface area contributed by atoms with E-state index in [9.17, 15) is 9.90 Å². The molecule has 0 spiro atoms. The summed E-state index contributed by atoms with van der Waals surface area (Å²) in [5, 5.41) is 10.6. The van der Waals surface area contributed by atoms with Crippen LogP contribution in [0.15, 0.2) is 24.3 Å². The maximum absolute atomic E-state index is 12.8. The number of hydrogen-bond donors (Lipinski definition) is 1. The first kappa shape index (κ1) is 13.2. The van der Waals surface area contributed by atoms with E-state index in [2.05, 4.69) is 4.57 Å². The molecule has 20 heavy (non-hydrogen) atoms. The molecular formula is C16H20N2O2. The largest absolute Gasteiger partial charge is 0.393 e. The van der Waals surface area contributed by atoms with Crippen molar-refractivity contribution in [2.75, 3.05) is 13.1 Å². The Morgan fingerprint density at radius 3 is 2.60 bits per heavy atom. The minimum Gasteiger partial charge on any atom is -0.393 e. The van der Waals surface area contributed by atoms with Crippen molar-refractivity contribution in [2.45, 2.75) is 25.9 Å². The summed E-state index contributed by atoms with van der Waals surface area (Å²) in [6, 6.07) is 8.01. The number of aromatic nitrogens is 1. The Hall–Kier alpha value is -1.81. The predicted molar refractivity (Wildman–Crippen MR) is 78.8 cm³/mol. The lowest BCUT2D eigenvalue weighted by Crippen LogP contribution is -2.40. The van der Waals surface area contributed by atoms with E-state index < -0.39 is 0 Å². The molecule has 1 aromatic carbocycles. The Labute approximate surface area is 118 Å². The van der Waals surface area contributed by atoms with Gasteiger partial charge in [0.1, 0.15) is 0 Å². The van der Waals surface area contributed by atoms with Crippen molar-refractivity contribution in [3.05, 3.63) is 35.5 Å². The second-order valence-corrected chi connectivity index (χ2v) is 5.56. The van der Waals surface area contributed by atoms with Gasteiger partial charge in [0.05, 0.1) is 11.7 Å². The van der Waals surface area contributed by atoms with Crippen molar-refractivity contribution >= 4 is 16.8 Å². The molecule has 0 atom stereocenters.